The number of esters is 2. The lowest BCUT2D eigenvalue weighted by Crippen LogP contribution is -2.64. The molecule has 4 aliphatic rings. The van der Waals surface area contributed by atoms with Crippen molar-refractivity contribution in [2.75, 3.05) is 32.8 Å². The van der Waals surface area contributed by atoms with Gasteiger partial charge < -0.3 is 20.1 Å². The van der Waals surface area contributed by atoms with Gasteiger partial charge in [-0.3, -0.25) is 14.5 Å². The number of hydrogen-bond acceptors (Lipinski definition) is 7. The number of nitrogens with two attached hydrogens (primary N) is 1. The molecule has 1 amide bonds. The Bertz CT molecular complexity index is 1050. The molecule has 4 atom stereocenters. The third-order valence-corrected chi connectivity index (χ3v) is 9.69. The first-order valence-corrected chi connectivity index (χ1v) is 14.8. The van der Waals surface area contributed by atoms with E-state index in [1.54, 1.807) is 6.92 Å². The Hall–Kier alpha value is -2.29. The molecule has 214 valence electrons. The van der Waals surface area contributed by atoms with Gasteiger partial charge in [-0.1, -0.05) is 63.4 Å². The summed E-state index contributed by atoms with van der Waals surface area (Å²) in [7, 11) is 0. The molecule has 2 N–H and O–H groups in total. The lowest BCUT2D eigenvalue weighted by molar-refractivity contribution is -0.172. The molecule has 0 radical (unpaired) electrons. The van der Waals surface area contributed by atoms with Gasteiger partial charge in [-0.05, 0) is 43.1 Å². The molecule has 4 fully saturated rings. The normalized spacial score (nSPS) is 27.5. The number of amides is 1. The summed E-state index contributed by atoms with van der Waals surface area (Å²) >= 11 is 0. The monoisotopic (exact) mass is 539 g/mol. The first kappa shape index (κ1) is 28.2. The quantitative estimate of drug-likeness (QED) is 0.379. The highest BCUT2D eigenvalue weighted by Crippen LogP contribution is 2.54. The van der Waals surface area contributed by atoms with E-state index in [1.807, 2.05) is 23.1 Å². The maximum absolute atomic E-state index is 13.5. The van der Waals surface area contributed by atoms with Gasteiger partial charge >= 0.3 is 11.9 Å². The molecule has 2 aliphatic carbocycles. The minimum atomic E-state index is -1.02. The van der Waals surface area contributed by atoms with Gasteiger partial charge in [0, 0.05) is 50.7 Å². The lowest BCUT2D eigenvalue weighted by atomic mass is 9.71. The minimum absolute atomic E-state index is 0.0610. The molecule has 8 heteroatoms. The van der Waals surface area contributed by atoms with Gasteiger partial charge in [0.2, 0.25) is 5.91 Å². The largest absolute Gasteiger partial charge is 0.392 e. The van der Waals surface area contributed by atoms with Crippen molar-refractivity contribution in [3.63, 3.8) is 0 Å². The maximum Gasteiger partial charge on any atom is 0.333 e. The van der Waals surface area contributed by atoms with Crippen molar-refractivity contribution in [2.45, 2.75) is 78.0 Å². The second-order valence-electron chi connectivity index (χ2n) is 13.3. The van der Waals surface area contributed by atoms with Gasteiger partial charge in [-0.15, -0.1) is 0 Å². The predicted octanol–water partition coefficient (Wildman–Crippen LogP) is 3.38. The molecule has 2 saturated carbocycles. The molecule has 1 spiro atoms. The molecular weight excluding hydrogens is 494 g/mol. The maximum atomic E-state index is 13.5. The molecule has 1 aromatic carbocycles. The summed E-state index contributed by atoms with van der Waals surface area (Å²) < 4.78 is 11.3. The van der Waals surface area contributed by atoms with Crippen molar-refractivity contribution >= 4 is 17.8 Å². The fraction of sp³-hybridized carbons (Fsp3) is 0.710. The molecule has 2 aliphatic heterocycles. The number of rotatable bonds is 9. The molecule has 0 bridgehead atoms. The van der Waals surface area contributed by atoms with Crippen LogP contribution in [-0.4, -0.2) is 72.6 Å². The first-order valence-electron chi connectivity index (χ1n) is 14.8. The standard InChI is InChI=1S/C31H45N3O5/c1-21(38-17-23-12-8-5-9-13-23)26(32)29(37)39-28(36)25-16-33(15-22-10-6-4-7-11-22)18-31(25)19-34(20-31)27(35)24-14-30(24,2)3/h4,6-7,10-11,21,23-26H,5,8-9,12-20,32H2,1-3H3/t21-,24-,25+,26+/m1/s1. The Balaban J connectivity index is 1.20. The minimum Gasteiger partial charge on any atom is -0.392 e. The Morgan fingerprint density at radius 1 is 1.03 bits per heavy atom. The highest BCUT2D eigenvalue weighted by Gasteiger charge is 2.61. The Labute approximate surface area is 232 Å². The molecule has 5 rings (SSSR count). The van der Waals surface area contributed by atoms with Crippen LogP contribution >= 0.6 is 0 Å². The fourth-order valence-corrected chi connectivity index (χ4v) is 6.83. The van der Waals surface area contributed by atoms with Crippen LogP contribution in [-0.2, 0) is 30.4 Å². The number of ether oxygens (including phenoxy) is 2. The van der Waals surface area contributed by atoms with E-state index in [4.69, 9.17) is 15.2 Å². The summed E-state index contributed by atoms with van der Waals surface area (Å²) in [5, 5.41) is 0. The average Bonchev–Trinajstić information content (AvgIpc) is 3.38. The summed E-state index contributed by atoms with van der Waals surface area (Å²) in [5.41, 5.74) is 6.99. The van der Waals surface area contributed by atoms with Crippen molar-refractivity contribution in [2.24, 2.45) is 34.3 Å². The fourth-order valence-electron chi connectivity index (χ4n) is 6.83. The summed E-state index contributed by atoms with van der Waals surface area (Å²) in [5.74, 6) is -1.01. The lowest BCUT2D eigenvalue weighted by Gasteiger charge is -2.50. The zero-order valence-electron chi connectivity index (χ0n) is 23.8. The predicted molar refractivity (Wildman–Crippen MR) is 147 cm³/mol. The van der Waals surface area contributed by atoms with Crippen LogP contribution < -0.4 is 5.73 Å². The number of hydrogen-bond donors (Lipinski definition) is 1. The van der Waals surface area contributed by atoms with Gasteiger partial charge in [0.1, 0.15) is 6.04 Å². The van der Waals surface area contributed by atoms with Crippen LogP contribution in [0, 0.1) is 28.6 Å². The van der Waals surface area contributed by atoms with E-state index in [1.165, 1.54) is 19.3 Å². The van der Waals surface area contributed by atoms with E-state index in [0.29, 0.717) is 45.2 Å². The van der Waals surface area contributed by atoms with Crippen LogP contribution in [0.5, 0.6) is 0 Å². The van der Waals surface area contributed by atoms with Crippen LogP contribution in [0.1, 0.15) is 64.9 Å². The zero-order chi connectivity index (χ0) is 27.8. The topological polar surface area (TPSA) is 102 Å². The zero-order valence-corrected chi connectivity index (χ0v) is 23.8. The summed E-state index contributed by atoms with van der Waals surface area (Å²) in [4.78, 5) is 43.5. The molecule has 0 unspecified atom stereocenters. The van der Waals surface area contributed by atoms with Crippen molar-refractivity contribution in [3.8, 4) is 0 Å². The Kier molecular flexibility index (Phi) is 8.18. The van der Waals surface area contributed by atoms with Gasteiger partial charge in [0.25, 0.3) is 0 Å². The van der Waals surface area contributed by atoms with Gasteiger partial charge in [-0.2, -0.15) is 0 Å². The molecule has 2 heterocycles. The smallest absolute Gasteiger partial charge is 0.333 e. The number of nitrogens with zero attached hydrogens (tertiary/aromatic N) is 2. The molecule has 39 heavy (non-hydrogen) atoms. The highest BCUT2D eigenvalue weighted by atomic mass is 16.6. The number of benzene rings is 1. The van der Waals surface area contributed by atoms with Crippen LogP contribution in [0.15, 0.2) is 30.3 Å². The third-order valence-electron chi connectivity index (χ3n) is 9.69. The summed E-state index contributed by atoms with van der Waals surface area (Å²) in [6.45, 7) is 9.51. The number of likely N-dealkylation sites (tertiary alicyclic amines) is 2. The molecule has 2 saturated heterocycles. The second kappa shape index (κ2) is 11.3. The SMILES string of the molecule is C[C@@H](OCC1CCCCC1)[C@H](N)C(=O)OC(=O)[C@@H]1CN(Cc2ccccc2)CC12CN(C(=O)[C@H]1CC1(C)C)C2. The molecule has 1 aromatic rings. The van der Waals surface area contributed by atoms with E-state index in [2.05, 4.69) is 30.9 Å². The van der Waals surface area contributed by atoms with E-state index in [0.717, 1.165) is 24.8 Å². The number of carbonyl (C=O) groups excluding carboxylic acids is 3. The van der Waals surface area contributed by atoms with E-state index in [9.17, 15) is 14.4 Å². The second-order valence-corrected chi connectivity index (χ2v) is 13.3. The molecule has 8 nitrogen and oxygen atoms in total. The van der Waals surface area contributed by atoms with Crippen LogP contribution in [0.3, 0.4) is 0 Å². The van der Waals surface area contributed by atoms with Crippen molar-refractivity contribution < 1.29 is 23.9 Å². The van der Waals surface area contributed by atoms with Crippen LogP contribution in [0.2, 0.25) is 0 Å². The molecule has 0 aromatic heterocycles. The van der Waals surface area contributed by atoms with Crippen LogP contribution in [0.25, 0.3) is 0 Å². The van der Waals surface area contributed by atoms with Gasteiger partial charge in [0.05, 0.1) is 12.0 Å². The summed E-state index contributed by atoms with van der Waals surface area (Å²) in [6.07, 6.45) is 6.38. The van der Waals surface area contributed by atoms with E-state index in [-0.39, 0.29) is 17.2 Å². The molecular formula is C31H45N3O5. The van der Waals surface area contributed by atoms with Gasteiger partial charge in [0.15, 0.2) is 0 Å². The van der Waals surface area contributed by atoms with Crippen LogP contribution in [0.4, 0.5) is 0 Å². The van der Waals surface area contributed by atoms with Crippen molar-refractivity contribution in [1.29, 1.82) is 0 Å². The van der Waals surface area contributed by atoms with E-state index >= 15 is 0 Å². The Morgan fingerprint density at radius 3 is 2.33 bits per heavy atom. The van der Waals surface area contributed by atoms with E-state index < -0.39 is 35.4 Å². The Morgan fingerprint density at radius 2 is 1.69 bits per heavy atom. The summed E-state index contributed by atoms with van der Waals surface area (Å²) in [6, 6.07) is 9.12. The number of carbonyl (C=O) groups is 3. The average molecular weight is 540 g/mol. The highest BCUT2D eigenvalue weighted by molar-refractivity contribution is 5.91. The first-order chi connectivity index (χ1) is 18.6. The van der Waals surface area contributed by atoms with Crippen molar-refractivity contribution in [1.82, 2.24) is 9.80 Å². The van der Waals surface area contributed by atoms with Crippen molar-refractivity contribution in [3.05, 3.63) is 35.9 Å². The third kappa shape index (κ3) is 6.23. The van der Waals surface area contributed by atoms with Gasteiger partial charge in [-0.25, -0.2) is 4.79 Å².